The van der Waals surface area contributed by atoms with E-state index >= 15 is 0 Å². The Hall–Kier alpha value is -2.31. The Morgan fingerprint density at radius 1 is 1.17 bits per heavy atom. The number of aromatic nitrogens is 1. The van der Waals surface area contributed by atoms with Crippen LogP contribution >= 0.6 is 11.6 Å². The molecule has 18 heavy (non-hydrogen) atoms. The van der Waals surface area contributed by atoms with Crippen LogP contribution in [-0.4, -0.2) is 16.1 Å². The summed E-state index contributed by atoms with van der Waals surface area (Å²) in [5, 5.41) is 9.33. The second-order valence-electron chi connectivity index (χ2n) is 3.50. The van der Waals surface area contributed by atoms with Gasteiger partial charge in [-0.25, -0.2) is 9.78 Å². The van der Waals surface area contributed by atoms with Crippen molar-refractivity contribution in [3.63, 3.8) is 0 Å². The average molecular weight is 258 g/mol. The van der Waals surface area contributed by atoms with Crippen molar-refractivity contribution in [1.82, 2.24) is 4.98 Å². The van der Waals surface area contributed by atoms with Gasteiger partial charge in [0.1, 0.15) is 5.69 Å². The molecule has 0 spiro atoms. The number of hydrogen-bond acceptors (Lipinski definition) is 2. The molecule has 1 aromatic carbocycles. The van der Waals surface area contributed by atoms with Gasteiger partial charge in [0.05, 0.1) is 0 Å². The predicted octanol–water partition coefficient (Wildman–Crippen LogP) is 2.83. The number of hydrogen-bond donors (Lipinski definition) is 1. The van der Waals surface area contributed by atoms with E-state index < -0.39 is 5.97 Å². The lowest BCUT2D eigenvalue weighted by molar-refractivity contribution is 0.0690. The summed E-state index contributed by atoms with van der Waals surface area (Å²) in [6.07, 6.45) is 1.43. The largest absolute Gasteiger partial charge is 0.477 e. The van der Waals surface area contributed by atoms with Crippen LogP contribution in [0.15, 0.2) is 42.6 Å². The second-order valence-corrected chi connectivity index (χ2v) is 3.93. The van der Waals surface area contributed by atoms with Crippen LogP contribution in [0.5, 0.6) is 0 Å². The Morgan fingerprint density at radius 3 is 2.56 bits per heavy atom. The molecule has 0 unspecified atom stereocenters. The van der Waals surface area contributed by atoms with Gasteiger partial charge in [-0.05, 0) is 30.3 Å². The smallest absolute Gasteiger partial charge is 0.354 e. The van der Waals surface area contributed by atoms with Crippen LogP contribution in [-0.2, 0) is 0 Å². The molecule has 0 amide bonds. The van der Waals surface area contributed by atoms with Crippen LogP contribution in [0.25, 0.3) is 0 Å². The summed E-state index contributed by atoms with van der Waals surface area (Å²) >= 11 is 5.84. The van der Waals surface area contributed by atoms with Crippen LogP contribution in [0.3, 0.4) is 0 Å². The van der Waals surface area contributed by atoms with E-state index in [0.29, 0.717) is 10.6 Å². The van der Waals surface area contributed by atoms with Gasteiger partial charge < -0.3 is 5.11 Å². The molecule has 2 rings (SSSR count). The zero-order valence-corrected chi connectivity index (χ0v) is 9.98. The van der Waals surface area contributed by atoms with Gasteiger partial charge in [-0.2, -0.15) is 0 Å². The minimum atomic E-state index is -1.05. The summed E-state index contributed by atoms with van der Waals surface area (Å²) in [6.45, 7) is 0. The lowest BCUT2D eigenvalue weighted by Crippen LogP contribution is -1.99. The highest BCUT2D eigenvalue weighted by atomic mass is 35.5. The molecule has 88 valence electrons. The molecule has 0 saturated carbocycles. The maximum atomic E-state index is 10.6. The molecule has 2 aromatic rings. The van der Waals surface area contributed by atoms with Gasteiger partial charge in [0.2, 0.25) is 0 Å². The Bertz CT molecular complexity index is 639. The summed E-state index contributed by atoms with van der Waals surface area (Å²) in [6, 6.07) is 10.2. The van der Waals surface area contributed by atoms with Crippen molar-refractivity contribution in [3.8, 4) is 11.8 Å². The molecule has 0 atom stereocenters. The lowest BCUT2D eigenvalue weighted by Gasteiger charge is -1.93. The Labute approximate surface area is 109 Å². The highest BCUT2D eigenvalue weighted by Crippen LogP contribution is 2.09. The Morgan fingerprint density at radius 2 is 1.94 bits per heavy atom. The number of carboxylic acids is 1. The predicted molar refractivity (Wildman–Crippen MR) is 68.6 cm³/mol. The molecule has 0 fully saturated rings. The van der Waals surface area contributed by atoms with Gasteiger partial charge in [-0.3, -0.25) is 0 Å². The highest BCUT2D eigenvalue weighted by molar-refractivity contribution is 6.30. The SMILES string of the molecule is O=C(O)c1ccc(C#Cc2cccc(Cl)c2)cn1. The van der Waals surface area contributed by atoms with Crippen molar-refractivity contribution in [1.29, 1.82) is 0 Å². The lowest BCUT2D eigenvalue weighted by atomic mass is 10.2. The van der Waals surface area contributed by atoms with E-state index in [2.05, 4.69) is 16.8 Å². The molecule has 1 heterocycles. The zero-order valence-electron chi connectivity index (χ0n) is 9.22. The van der Waals surface area contributed by atoms with Gasteiger partial charge in [0.15, 0.2) is 0 Å². The van der Waals surface area contributed by atoms with Crippen molar-refractivity contribution < 1.29 is 9.90 Å². The summed E-state index contributed by atoms with van der Waals surface area (Å²) in [5.41, 5.74) is 1.45. The summed E-state index contributed by atoms with van der Waals surface area (Å²) in [7, 11) is 0. The molecule has 0 saturated heterocycles. The molecule has 1 N–H and O–H groups in total. The minimum Gasteiger partial charge on any atom is -0.477 e. The van der Waals surface area contributed by atoms with Gasteiger partial charge in [0.25, 0.3) is 0 Å². The van der Waals surface area contributed by atoms with E-state index in [1.54, 1.807) is 18.2 Å². The quantitative estimate of drug-likeness (QED) is 0.799. The van der Waals surface area contributed by atoms with E-state index in [-0.39, 0.29) is 5.69 Å². The fourth-order valence-electron chi connectivity index (χ4n) is 1.30. The number of pyridine rings is 1. The van der Waals surface area contributed by atoms with Crippen LogP contribution < -0.4 is 0 Å². The van der Waals surface area contributed by atoms with Gasteiger partial charge in [-0.1, -0.05) is 29.5 Å². The van der Waals surface area contributed by atoms with E-state index in [1.165, 1.54) is 12.3 Å². The third-order valence-corrected chi connectivity index (χ3v) is 2.39. The van der Waals surface area contributed by atoms with Crippen molar-refractivity contribution in [3.05, 3.63) is 64.4 Å². The summed E-state index contributed by atoms with van der Waals surface area (Å²) in [4.78, 5) is 14.4. The molecule has 0 bridgehead atoms. The van der Waals surface area contributed by atoms with Gasteiger partial charge in [-0.15, -0.1) is 0 Å². The summed E-state index contributed by atoms with van der Waals surface area (Å²) < 4.78 is 0. The van der Waals surface area contributed by atoms with Crippen molar-refractivity contribution in [2.45, 2.75) is 0 Å². The van der Waals surface area contributed by atoms with Crippen LogP contribution in [0.1, 0.15) is 21.6 Å². The molecular formula is C14H8ClNO2. The first-order valence-corrected chi connectivity index (χ1v) is 5.50. The number of halogens is 1. The molecule has 3 nitrogen and oxygen atoms in total. The first-order chi connectivity index (χ1) is 8.65. The molecule has 0 aliphatic heterocycles. The molecule has 4 heteroatoms. The van der Waals surface area contributed by atoms with Crippen molar-refractivity contribution in [2.75, 3.05) is 0 Å². The number of nitrogens with zero attached hydrogens (tertiary/aromatic N) is 1. The number of carboxylic acid groups (broad SMARTS) is 1. The second kappa shape index (κ2) is 5.35. The minimum absolute atomic E-state index is 0.00306. The van der Waals surface area contributed by atoms with Crippen LogP contribution in [0, 0.1) is 11.8 Å². The maximum Gasteiger partial charge on any atom is 0.354 e. The monoisotopic (exact) mass is 257 g/mol. The summed E-state index contributed by atoms with van der Waals surface area (Å²) in [5.74, 6) is 4.77. The number of rotatable bonds is 1. The number of aromatic carboxylic acids is 1. The number of carbonyl (C=O) groups is 1. The van der Waals surface area contributed by atoms with Crippen LogP contribution in [0.4, 0.5) is 0 Å². The fourth-order valence-corrected chi connectivity index (χ4v) is 1.50. The van der Waals surface area contributed by atoms with Gasteiger partial charge in [0, 0.05) is 22.3 Å². The molecule has 0 aliphatic carbocycles. The van der Waals surface area contributed by atoms with E-state index in [1.807, 2.05) is 12.1 Å². The van der Waals surface area contributed by atoms with E-state index in [9.17, 15) is 4.79 Å². The Kier molecular flexibility index (Phi) is 3.61. The molecule has 0 radical (unpaired) electrons. The standard InChI is InChI=1S/C14H8ClNO2/c15-12-3-1-2-10(8-12)4-5-11-6-7-13(14(17)18)16-9-11/h1-3,6-9H,(H,17,18). The van der Waals surface area contributed by atoms with E-state index in [4.69, 9.17) is 16.7 Å². The average Bonchev–Trinajstić information content (AvgIpc) is 2.37. The fraction of sp³-hybridized carbons (Fsp3) is 0. The normalized spacial score (nSPS) is 9.39. The Balaban J connectivity index is 2.22. The van der Waals surface area contributed by atoms with Crippen molar-refractivity contribution >= 4 is 17.6 Å². The third-order valence-electron chi connectivity index (χ3n) is 2.16. The first-order valence-electron chi connectivity index (χ1n) is 5.12. The maximum absolute atomic E-state index is 10.6. The zero-order chi connectivity index (χ0) is 13.0. The van der Waals surface area contributed by atoms with Gasteiger partial charge >= 0.3 is 5.97 Å². The molecular weight excluding hydrogens is 250 g/mol. The van der Waals surface area contributed by atoms with E-state index in [0.717, 1.165) is 5.56 Å². The third kappa shape index (κ3) is 3.09. The highest BCUT2D eigenvalue weighted by Gasteiger charge is 2.01. The van der Waals surface area contributed by atoms with Crippen LogP contribution in [0.2, 0.25) is 5.02 Å². The molecule has 0 aliphatic rings. The van der Waals surface area contributed by atoms with Crippen molar-refractivity contribution in [2.24, 2.45) is 0 Å². The number of benzene rings is 1. The molecule has 1 aromatic heterocycles. The first kappa shape index (κ1) is 12.2. The topological polar surface area (TPSA) is 50.2 Å².